The molecule has 7 heteroatoms. The maximum absolute atomic E-state index is 13.1. The summed E-state index contributed by atoms with van der Waals surface area (Å²) in [4.78, 5) is 4.45. The van der Waals surface area contributed by atoms with Crippen molar-refractivity contribution in [2.24, 2.45) is 0 Å². The molecule has 0 radical (unpaired) electrons. The summed E-state index contributed by atoms with van der Waals surface area (Å²) in [6.07, 6.45) is 0. The Hall–Kier alpha value is -1.83. The van der Waals surface area contributed by atoms with Gasteiger partial charge in [0.1, 0.15) is 11.5 Å². The highest BCUT2D eigenvalue weighted by Crippen LogP contribution is 2.28. The standard InChI is InChI=1S/C19H28FN5O/c1-4-25-19-16(14-26-10-9-23(2)3)12-24(13-18(19)21-22-25)11-15-5-7-17(20)8-6-15/h5-8,16H,4,9-14H2,1-3H3. The molecule has 0 spiro atoms. The minimum absolute atomic E-state index is 0.201. The zero-order valence-corrected chi connectivity index (χ0v) is 15.9. The van der Waals surface area contributed by atoms with Gasteiger partial charge in [-0.25, -0.2) is 9.07 Å². The first-order valence-electron chi connectivity index (χ1n) is 9.18. The van der Waals surface area contributed by atoms with Crippen LogP contribution in [0.5, 0.6) is 0 Å². The fourth-order valence-electron chi connectivity index (χ4n) is 3.40. The number of rotatable bonds is 8. The molecule has 6 nitrogen and oxygen atoms in total. The molecule has 1 aromatic heterocycles. The van der Waals surface area contributed by atoms with E-state index in [-0.39, 0.29) is 11.7 Å². The summed E-state index contributed by atoms with van der Waals surface area (Å²) < 4.78 is 21.1. The Kier molecular flexibility index (Phi) is 6.34. The van der Waals surface area contributed by atoms with Crippen LogP contribution in [0, 0.1) is 5.82 Å². The van der Waals surface area contributed by atoms with Crippen molar-refractivity contribution in [1.29, 1.82) is 0 Å². The third-order valence-electron chi connectivity index (χ3n) is 4.71. The van der Waals surface area contributed by atoms with E-state index in [0.717, 1.165) is 44.0 Å². The molecule has 0 amide bonds. The van der Waals surface area contributed by atoms with Crippen molar-refractivity contribution in [3.63, 3.8) is 0 Å². The maximum atomic E-state index is 13.1. The molecule has 0 fully saturated rings. The Balaban J connectivity index is 1.69. The Morgan fingerprint density at radius 2 is 2.04 bits per heavy atom. The fraction of sp³-hybridized carbons (Fsp3) is 0.579. The lowest BCUT2D eigenvalue weighted by molar-refractivity contribution is 0.0832. The smallest absolute Gasteiger partial charge is 0.123 e. The van der Waals surface area contributed by atoms with E-state index in [1.807, 2.05) is 30.9 Å². The Labute approximate surface area is 154 Å². The maximum Gasteiger partial charge on any atom is 0.123 e. The molecule has 2 aromatic rings. The molecule has 1 aromatic carbocycles. The van der Waals surface area contributed by atoms with Crippen LogP contribution in [0.15, 0.2) is 24.3 Å². The average Bonchev–Trinajstić information content (AvgIpc) is 3.03. The van der Waals surface area contributed by atoms with Crippen LogP contribution < -0.4 is 0 Å². The van der Waals surface area contributed by atoms with Gasteiger partial charge in [0, 0.05) is 38.6 Å². The van der Waals surface area contributed by atoms with Crippen molar-refractivity contribution in [3.05, 3.63) is 47.0 Å². The molecule has 3 rings (SSSR count). The van der Waals surface area contributed by atoms with Crippen molar-refractivity contribution in [2.75, 3.05) is 40.4 Å². The zero-order chi connectivity index (χ0) is 18.5. The minimum atomic E-state index is -0.201. The molecule has 142 valence electrons. The van der Waals surface area contributed by atoms with Crippen molar-refractivity contribution < 1.29 is 9.13 Å². The molecule has 0 N–H and O–H groups in total. The fourth-order valence-corrected chi connectivity index (χ4v) is 3.40. The van der Waals surface area contributed by atoms with Crippen molar-refractivity contribution in [3.8, 4) is 0 Å². The molecule has 2 heterocycles. The van der Waals surface area contributed by atoms with Gasteiger partial charge in [-0.05, 0) is 38.7 Å². The molecular formula is C19H28FN5O. The largest absolute Gasteiger partial charge is 0.379 e. The van der Waals surface area contributed by atoms with Gasteiger partial charge in [0.2, 0.25) is 0 Å². The van der Waals surface area contributed by atoms with Crippen LogP contribution in [0.4, 0.5) is 4.39 Å². The molecule has 1 unspecified atom stereocenters. The predicted molar refractivity (Wildman–Crippen MR) is 98.3 cm³/mol. The zero-order valence-electron chi connectivity index (χ0n) is 15.9. The summed E-state index contributed by atoms with van der Waals surface area (Å²) in [5, 5.41) is 8.69. The van der Waals surface area contributed by atoms with Gasteiger partial charge in [-0.2, -0.15) is 0 Å². The number of fused-ring (bicyclic) bond motifs is 1. The Bertz CT molecular complexity index is 700. The molecule has 0 bridgehead atoms. The van der Waals surface area contributed by atoms with Crippen molar-refractivity contribution in [2.45, 2.75) is 32.5 Å². The normalized spacial score (nSPS) is 17.7. The van der Waals surface area contributed by atoms with Crippen LogP contribution in [-0.4, -0.2) is 65.2 Å². The van der Waals surface area contributed by atoms with Gasteiger partial charge < -0.3 is 9.64 Å². The molecule has 0 aliphatic carbocycles. The second kappa shape index (κ2) is 8.70. The molecular weight excluding hydrogens is 333 g/mol. The first-order chi connectivity index (χ1) is 12.6. The summed E-state index contributed by atoms with van der Waals surface area (Å²) in [7, 11) is 4.09. The van der Waals surface area contributed by atoms with E-state index in [1.165, 1.54) is 17.8 Å². The van der Waals surface area contributed by atoms with E-state index in [0.29, 0.717) is 13.2 Å². The van der Waals surface area contributed by atoms with Crippen LogP contribution in [-0.2, 0) is 24.4 Å². The highest BCUT2D eigenvalue weighted by atomic mass is 19.1. The van der Waals surface area contributed by atoms with Gasteiger partial charge in [0.15, 0.2) is 0 Å². The predicted octanol–water partition coefficient (Wildman–Crippen LogP) is 2.11. The van der Waals surface area contributed by atoms with Gasteiger partial charge in [0.05, 0.1) is 18.9 Å². The second-order valence-corrected chi connectivity index (χ2v) is 7.11. The quantitative estimate of drug-likeness (QED) is 0.674. The van der Waals surface area contributed by atoms with E-state index in [1.54, 1.807) is 0 Å². The number of aryl methyl sites for hydroxylation is 1. The lowest BCUT2D eigenvalue weighted by Crippen LogP contribution is -2.36. The lowest BCUT2D eigenvalue weighted by atomic mass is 9.98. The first-order valence-corrected chi connectivity index (χ1v) is 9.18. The van der Waals surface area contributed by atoms with E-state index < -0.39 is 0 Å². The topological polar surface area (TPSA) is 46.4 Å². The SMILES string of the molecule is CCn1nnc2c1C(COCCN(C)C)CN(Cc1ccc(F)cc1)C2. The third kappa shape index (κ3) is 4.66. The summed E-state index contributed by atoms with van der Waals surface area (Å²) in [5.41, 5.74) is 3.33. The highest BCUT2D eigenvalue weighted by molar-refractivity contribution is 5.21. The van der Waals surface area contributed by atoms with Gasteiger partial charge in [-0.1, -0.05) is 17.3 Å². The van der Waals surface area contributed by atoms with Gasteiger partial charge >= 0.3 is 0 Å². The molecule has 0 saturated heterocycles. The number of halogens is 1. The monoisotopic (exact) mass is 361 g/mol. The number of likely N-dealkylation sites (N-methyl/N-ethyl adjacent to an activating group) is 1. The Morgan fingerprint density at radius 1 is 1.27 bits per heavy atom. The average molecular weight is 361 g/mol. The number of aromatic nitrogens is 3. The van der Waals surface area contributed by atoms with Crippen molar-refractivity contribution in [1.82, 2.24) is 24.8 Å². The van der Waals surface area contributed by atoms with Crippen LogP contribution in [0.1, 0.15) is 29.8 Å². The van der Waals surface area contributed by atoms with E-state index in [4.69, 9.17) is 4.74 Å². The lowest BCUT2D eigenvalue weighted by Gasteiger charge is -2.32. The summed E-state index contributed by atoms with van der Waals surface area (Å²) >= 11 is 0. The summed E-state index contributed by atoms with van der Waals surface area (Å²) in [5.74, 6) is 0.0454. The summed E-state index contributed by atoms with van der Waals surface area (Å²) in [6.45, 7) is 7.61. The second-order valence-electron chi connectivity index (χ2n) is 7.11. The number of nitrogens with zero attached hydrogens (tertiary/aromatic N) is 5. The molecule has 1 aliphatic heterocycles. The first kappa shape index (κ1) is 18.9. The number of ether oxygens (including phenoxy) is 1. The molecule has 1 atom stereocenters. The van der Waals surface area contributed by atoms with Crippen LogP contribution in [0.3, 0.4) is 0 Å². The highest BCUT2D eigenvalue weighted by Gasteiger charge is 2.30. The number of benzene rings is 1. The summed E-state index contributed by atoms with van der Waals surface area (Å²) in [6, 6.07) is 6.71. The van der Waals surface area contributed by atoms with Gasteiger partial charge in [-0.15, -0.1) is 5.10 Å². The molecule has 0 saturated carbocycles. The van der Waals surface area contributed by atoms with Crippen molar-refractivity contribution >= 4 is 0 Å². The van der Waals surface area contributed by atoms with E-state index in [9.17, 15) is 4.39 Å². The van der Waals surface area contributed by atoms with Crippen LogP contribution in [0.25, 0.3) is 0 Å². The third-order valence-corrected chi connectivity index (χ3v) is 4.71. The number of hydrogen-bond acceptors (Lipinski definition) is 5. The molecule has 1 aliphatic rings. The van der Waals surface area contributed by atoms with E-state index in [2.05, 4.69) is 27.0 Å². The van der Waals surface area contributed by atoms with Gasteiger partial charge in [0.25, 0.3) is 0 Å². The minimum Gasteiger partial charge on any atom is -0.379 e. The molecule has 26 heavy (non-hydrogen) atoms. The van der Waals surface area contributed by atoms with Crippen LogP contribution >= 0.6 is 0 Å². The number of hydrogen-bond donors (Lipinski definition) is 0. The van der Waals surface area contributed by atoms with E-state index >= 15 is 0 Å². The Morgan fingerprint density at radius 3 is 2.73 bits per heavy atom. The van der Waals surface area contributed by atoms with Gasteiger partial charge in [-0.3, -0.25) is 4.90 Å². The van der Waals surface area contributed by atoms with Crippen LogP contribution in [0.2, 0.25) is 0 Å².